The quantitative estimate of drug-likeness (QED) is 0.579. The normalized spacial score (nSPS) is 24.4. The molecule has 5 nitrogen and oxygen atoms in total. The van der Waals surface area contributed by atoms with Gasteiger partial charge in [0.15, 0.2) is 0 Å². The first kappa shape index (κ1) is 16.7. The van der Waals surface area contributed by atoms with Gasteiger partial charge in [0, 0.05) is 23.6 Å². The van der Waals surface area contributed by atoms with Crippen LogP contribution in [0.4, 0.5) is 18.9 Å². The van der Waals surface area contributed by atoms with E-state index in [1.165, 1.54) is 0 Å². The van der Waals surface area contributed by atoms with Gasteiger partial charge in [0.25, 0.3) is 5.69 Å². The number of oxime groups is 1. The molecule has 1 aliphatic carbocycles. The molecular formula is C16H17F3N2O3. The average molecular weight is 342 g/mol. The number of alkyl halides is 3. The third-order valence-corrected chi connectivity index (χ3v) is 4.64. The summed E-state index contributed by atoms with van der Waals surface area (Å²) in [5.41, 5.74) is -1.45. The van der Waals surface area contributed by atoms with E-state index in [2.05, 4.69) is 5.16 Å². The topological polar surface area (TPSA) is 64.7 Å². The lowest BCUT2D eigenvalue weighted by Gasteiger charge is -2.22. The van der Waals surface area contributed by atoms with Gasteiger partial charge in [-0.1, -0.05) is 24.4 Å². The largest absolute Gasteiger partial charge is 0.417 e. The molecule has 1 aromatic rings. The van der Waals surface area contributed by atoms with Crippen molar-refractivity contribution in [3.8, 4) is 0 Å². The summed E-state index contributed by atoms with van der Waals surface area (Å²) in [5.74, 6) is -0.187. The second-order valence-corrected chi connectivity index (χ2v) is 6.20. The number of halogens is 3. The van der Waals surface area contributed by atoms with Crippen LogP contribution in [0.3, 0.4) is 0 Å². The average Bonchev–Trinajstić information content (AvgIpc) is 2.87. The molecule has 0 radical (unpaired) electrons. The molecule has 1 saturated carbocycles. The van der Waals surface area contributed by atoms with Gasteiger partial charge in [0.05, 0.1) is 16.2 Å². The maximum absolute atomic E-state index is 13.4. The Balaban J connectivity index is 2.00. The van der Waals surface area contributed by atoms with Crippen LogP contribution in [0.25, 0.3) is 0 Å². The zero-order valence-corrected chi connectivity index (χ0v) is 12.9. The molecule has 0 bridgehead atoms. The van der Waals surface area contributed by atoms with Crippen LogP contribution in [0.1, 0.15) is 49.7 Å². The van der Waals surface area contributed by atoms with E-state index in [9.17, 15) is 23.3 Å². The van der Waals surface area contributed by atoms with Crippen molar-refractivity contribution in [3.05, 3.63) is 39.4 Å². The molecular weight excluding hydrogens is 325 g/mol. The number of nitro groups is 1. The maximum Gasteiger partial charge on any atom is 0.417 e. The summed E-state index contributed by atoms with van der Waals surface area (Å²) >= 11 is 0. The number of rotatable bonds is 2. The summed E-state index contributed by atoms with van der Waals surface area (Å²) < 4.78 is 40.2. The molecule has 0 aromatic heterocycles. The molecule has 0 saturated heterocycles. The zero-order chi connectivity index (χ0) is 17.3. The van der Waals surface area contributed by atoms with Crippen molar-refractivity contribution in [3.63, 3.8) is 0 Å². The van der Waals surface area contributed by atoms with Crippen molar-refractivity contribution in [1.29, 1.82) is 0 Å². The van der Waals surface area contributed by atoms with Crippen molar-refractivity contribution < 1.29 is 22.9 Å². The molecule has 0 amide bonds. The van der Waals surface area contributed by atoms with Crippen LogP contribution < -0.4 is 0 Å². The van der Waals surface area contributed by atoms with E-state index in [0.29, 0.717) is 6.07 Å². The number of hydrogen-bond donors (Lipinski definition) is 0. The number of fused-ring (bicyclic) bond motifs is 1. The molecule has 2 aliphatic rings. The number of benzene rings is 1. The highest BCUT2D eigenvalue weighted by Gasteiger charge is 2.41. The maximum atomic E-state index is 13.4. The first-order valence-electron chi connectivity index (χ1n) is 7.97. The van der Waals surface area contributed by atoms with Crippen LogP contribution in [0, 0.1) is 16.0 Å². The van der Waals surface area contributed by atoms with Gasteiger partial charge >= 0.3 is 6.18 Å². The van der Waals surface area contributed by atoms with E-state index in [-0.39, 0.29) is 23.3 Å². The second-order valence-electron chi connectivity index (χ2n) is 6.20. The minimum absolute atomic E-state index is 0.110. The number of nitro benzene ring substituents is 1. The Morgan fingerprint density at radius 1 is 1.17 bits per heavy atom. The highest BCUT2D eigenvalue weighted by molar-refractivity contribution is 6.04. The van der Waals surface area contributed by atoms with Gasteiger partial charge < -0.3 is 4.84 Å². The van der Waals surface area contributed by atoms with Gasteiger partial charge in [-0.15, -0.1) is 0 Å². The molecule has 3 rings (SSSR count). The fourth-order valence-corrected chi connectivity index (χ4v) is 3.43. The number of non-ortho nitro benzene ring substituents is 1. The van der Waals surface area contributed by atoms with Gasteiger partial charge in [0.1, 0.15) is 6.10 Å². The molecule has 2 atom stereocenters. The number of hydrogen-bond acceptors (Lipinski definition) is 4. The van der Waals surface area contributed by atoms with Gasteiger partial charge in [-0.05, 0) is 25.3 Å². The summed E-state index contributed by atoms with van der Waals surface area (Å²) in [4.78, 5) is 15.4. The predicted molar refractivity (Wildman–Crippen MR) is 80.7 cm³/mol. The van der Waals surface area contributed by atoms with Crippen molar-refractivity contribution >= 4 is 11.4 Å². The summed E-state index contributed by atoms with van der Waals surface area (Å²) in [5, 5.41) is 14.7. The summed E-state index contributed by atoms with van der Waals surface area (Å²) in [7, 11) is 0. The molecule has 130 valence electrons. The van der Waals surface area contributed by atoms with Crippen molar-refractivity contribution in [2.45, 2.75) is 50.8 Å². The van der Waals surface area contributed by atoms with Crippen LogP contribution in [0.15, 0.2) is 23.4 Å². The highest BCUT2D eigenvalue weighted by atomic mass is 19.4. The van der Waals surface area contributed by atoms with Crippen LogP contribution in [0.2, 0.25) is 0 Å². The van der Waals surface area contributed by atoms with Crippen molar-refractivity contribution in [2.75, 3.05) is 0 Å². The summed E-state index contributed by atoms with van der Waals surface area (Å²) in [6.45, 7) is 0. The van der Waals surface area contributed by atoms with Gasteiger partial charge in [-0.3, -0.25) is 10.1 Å². The Hall–Kier alpha value is -2.12. The molecule has 1 aliphatic heterocycles. The molecule has 0 unspecified atom stereocenters. The summed E-state index contributed by atoms with van der Waals surface area (Å²) in [6.07, 6.45) is 0.620. The molecule has 0 N–H and O–H groups in total. The van der Waals surface area contributed by atoms with E-state index in [0.717, 1.165) is 50.7 Å². The van der Waals surface area contributed by atoms with E-state index >= 15 is 0 Å². The van der Waals surface area contributed by atoms with Gasteiger partial charge in [0.2, 0.25) is 0 Å². The molecule has 8 heteroatoms. The molecule has 1 fully saturated rings. The lowest BCUT2D eigenvalue weighted by Crippen LogP contribution is -2.27. The Morgan fingerprint density at radius 3 is 2.54 bits per heavy atom. The predicted octanol–water partition coefficient (Wildman–Crippen LogP) is 4.69. The van der Waals surface area contributed by atoms with Crippen LogP contribution in [-0.2, 0) is 11.0 Å². The standard InChI is InChI=1S/C16H17F3N2O3/c17-16(18,19)13-9-10(21(22)23)7-8-11(13)15-12-5-3-1-2-4-6-14(12)24-20-15/h7-9,12,14H,1-6H2/t12-,14+/m0/s1. The molecule has 1 heterocycles. The first-order chi connectivity index (χ1) is 11.4. The molecule has 24 heavy (non-hydrogen) atoms. The lowest BCUT2D eigenvalue weighted by atomic mass is 9.82. The number of nitrogens with zero attached hydrogens (tertiary/aromatic N) is 2. The van der Waals surface area contributed by atoms with Crippen molar-refractivity contribution in [2.24, 2.45) is 11.1 Å². The van der Waals surface area contributed by atoms with Gasteiger partial charge in [-0.2, -0.15) is 13.2 Å². The molecule has 0 spiro atoms. The van der Waals surface area contributed by atoms with E-state index in [1.54, 1.807) is 0 Å². The van der Waals surface area contributed by atoms with Crippen LogP contribution in [0.5, 0.6) is 0 Å². The smallest absolute Gasteiger partial charge is 0.392 e. The summed E-state index contributed by atoms with van der Waals surface area (Å²) in [6, 6.07) is 2.81. The van der Waals surface area contributed by atoms with Crippen LogP contribution >= 0.6 is 0 Å². The Labute approximate surface area is 136 Å². The van der Waals surface area contributed by atoms with Crippen molar-refractivity contribution in [1.82, 2.24) is 0 Å². The first-order valence-corrected chi connectivity index (χ1v) is 7.97. The Morgan fingerprint density at radius 2 is 1.88 bits per heavy atom. The molecule has 1 aromatic carbocycles. The van der Waals surface area contributed by atoms with Gasteiger partial charge in [-0.25, -0.2) is 0 Å². The van der Waals surface area contributed by atoms with E-state index in [4.69, 9.17) is 4.84 Å². The Bertz CT molecular complexity index is 673. The minimum Gasteiger partial charge on any atom is -0.392 e. The zero-order valence-electron chi connectivity index (χ0n) is 12.9. The third kappa shape index (κ3) is 3.22. The van der Waals surface area contributed by atoms with Crippen LogP contribution in [-0.4, -0.2) is 16.7 Å². The monoisotopic (exact) mass is 342 g/mol. The SMILES string of the molecule is O=[N+]([O-])c1ccc(C2=NO[C@@H]3CCCCCC[C@H]23)c(C(F)(F)F)c1. The van der Waals surface area contributed by atoms with E-state index < -0.39 is 22.4 Å². The lowest BCUT2D eigenvalue weighted by molar-refractivity contribution is -0.385. The fourth-order valence-electron chi connectivity index (χ4n) is 3.43. The Kier molecular flexibility index (Phi) is 4.47. The second kappa shape index (κ2) is 6.41. The highest BCUT2D eigenvalue weighted by Crippen LogP contribution is 2.39. The fraction of sp³-hybridized carbons (Fsp3) is 0.562. The van der Waals surface area contributed by atoms with E-state index in [1.807, 2.05) is 0 Å². The third-order valence-electron chi connectivity index (χ3n) is 4.64. The minimum atomic E-state index is -4.69.